The summed E-state index contributed by atoms with van der Waals surface area (Å²) < 4.78 is 13.4. The SMILES string of the molecule is Nc1ccccc1NC(=O)CCCC(=O)NCc1ccccc1-c1ccc([C@@H]2O[C@H](CN3CCN(Cc4ccccc4)CC3)C[C@H](c3ccc(CO)cc3)O2)cc1. The summed E-state index contributed by atoms with van der Waals surface area (Å²) in [7, 11) is 0. The molecule has 0 saturated carbocycles. The maximum absolute atomic E-state index is 12.8. The predicted octanol–water partition coefficient (Wildman–Crippen LogP) is 7.22. The van der Waals surface area contributed by atoms with Crippen molar-refractivity contribution >= 4 is 23.2 Å². The molecule has 0 radical (unpaired) electrons. The zero-order chi connectivity index (χ0) is 39.4. The van der Waals surface area contributed by atoms with Crippen molar-refractivity contribution in [3.8, 4) is 11.1 Å². The number of piperazine rings is 1. The minimum Gasteiger partial charge on any atom is -0.397 e. The van der Waals surface area contributed by atoms with Gasteiger partial charge in [0.1, 0.15) is 0 Å². The third kappa shape index (κ3) is 11.2. The molecule has 0 aliphatic carbocycles. The van der Waals surface area contributed by atoms with Crippen molar-refractivity contribution in [1.29, 1.82) is 0 Å². The van der Waals surface area contributed by atoms with Crippen LogP contribution in [0.15, 0.2) is 127 Å². The van der Waals surface area contributed by atoms with Crippen molar-refractivity contribution in [2.75, 3.05) is 43.8 Å². The Morgan fingerprint density at radius 3 is 2.12 bits per heavy atom. The van der Waals surface area contributed by atoms with Gasteiger partial charge in [-0.15, -0.1) is 0 Å². The molecule has 5 N–H and O–H groups in total. The highest BCUT2D eigenvalue weighted by Gasteiger charge is 2.34. The Balaban J connectivity index is 0.957. The van der Waals surface area contributed by atoms with E-state index in [0.29, 0.717) is 24.3 Å². The van der Waals surface area contributed by atoms with Crippen molar-refractivity contribution in [3.05, 3.63) is 155 Å². The summed E-state index contributed by atoms with van der Waals surface area (Å²) in [5, 5.41) is 15.5. The molecule has 2 fully saturated rings. The lowest BCUT2D eigenvalue weighted by molar-refractivity contribution is -0.253. The molecule has 2 amide bonds. The Hall–Kier alpha value is -5.36. The molecule has 10 nitrogen and oxygen atoms in total. The van der Waals surface area contributed by atoms with Gasteiger partial charge < -0.3 is 30.9 Å². The first-order valence-corrected chi connectivity index (χ1v) is 20.0. The van der Waals surface area contributed by atoms with E-state index in [2.05, 4.69) is 93.2 Å². The van der Waals surface area contributed by atoms with Gasteiger partial charge in [-0.2, -0.15) is 0 Å². The van der Waals surface area contributed by atoms with Crippen LogP contribution in [0.4, 0.5) is 11.4 Å². The number of hydrogen-bond donors (Lipinski definition) is 4. The molecule has 296 valence electrons. The monoisotopic (exact) mass is 767 g/mol. The number of nitrogens with two attached hydrogens (primary N) is 1. The number of amides is 2. The van der Waals surface area contributed by atoms with E-state index in [0.717, 1.165) is 79.1 Å². The minimum atomic E-state index is -0.540. The third-order valence-electron chi connectivity index (χ3n) is 10.8. The highest BCUT2D eigenvalue weighted by Crippen LogP contribution is 2.39. The largest absolute Gasteiger partial charge is 0.397 e. The van der Waals surface area contributed by atoms with Crippen LogP contribution in [0.25, 0.3) is 11.1 Å². The number of nitrogens with one attached hydrogen (secondary N) is 2. The van der Waals surface area contributed by atoms with Crippen molar-refractivity contribution in [2.45, 2.75) is 63.9 Å². The van der Waals surface area contributed by atoms with Crippen LogP contribution in [0, 0.1) is 0 Å². The van der Waals surface area contributed by atoms with E-state index in [1.807, 2.05) is 42.5 Å². The quantitative estimate of drug-likeness (QED) is 0.0823. The molecular weight excluding hydrogens is 715 g/mol. The Labute approximate surface area is 335 Å². The fourth-order valence-corrected chi connectivity index (χ4v) is 7.58. The van der Waals surface area contributed by atoms with Crippen LogP contribution in [0.3, 0.4) is 0 Å². The molecule has 7 rings (SSSR count). The number of benzene rings is 5. The lowest BCUT2D eigenvalue weighted by Gasteiger charge is -2.40. The molecule has 0 bridgehead atoms. The lowest BCUT2D eigenvalue weighted by atomic mass is 9.97. The highest BCUT2D eigenvalue weighted by atomic mass is 16.7. The van der Waals surface area contributed by atoms with Crippen LogP contribution in [0.2, 0.25) is 0 Å². The number of anilines is 2. The minimum absolute atomic E-state index is 0.00443. The van der Waals surface area contributed by atoms with Crippen LogP contribution in [-0.2, 0) is 38.8 Å². The van der Waals surface area contributed by atoms with E-state index >= 15 is 0 Å². The first-order chi connectivity index (χ1) is 27.9. The number of aliphatic hydroxyl groups excluding tert-OH is 1. The average molecular weight is 768 g/mol. The summed E-state index contributed by atoms with van der Waals surface area (Å²) in [4.78, 5) is 30.2. The smallest absolute Gasteiger partial charge is 0.224 e. The van der Waals surface area contributed by atoms with Gasteiger partial charge in [0.15, 0.2) is 6.29 Å². The van der Waals surface area contributed by atoms with E-state index < -0.39 is 6.29 Å². The number of nitrogen functional groups attached to an aromatic ring is 1. The molecule has 0 aromatic heterocycles. The summed E-state index contributed by atoms with van der Waals surface area (Å²) in [6.45, 7) is 6.20. The standard InChI is InChI=1S/C47H53N5O5/c48-42-13-6-7-14-43(42)50-46(55)16-8-15-45(54)49-30-39-11-4-5-12-41(39)36-21-23-38(24-22-36)47-56-40(29-44(57-47)37-19-17-35(33-53)18-20-37)32-52-27-25-51(26-28-52)31-34-9-2-1-3-10-34/h1-7,9-14,17-24,40,44,47,53H,8,15-16,25-33,48H2,(H,49,54)(H,50,55)/t40-,44+,47+/m0/s1. The molecule has 0 spiro atoms. The Morgan fingerprint density at radius 1 is 0.702 bits per heavy atom. The summed E-state index contributed by atoms with van der Waals surface area (Å²) in [6, 6.07) is 42.2. The summed E-state index contributed by atoms with van der Waals surface area (Å²) in [5.74, 6) is -0.280. The zero-order valence-electron chi connectivity index (χ0n) is 32.4. The van der Waals surface area contributed by atoms with Gasteiger partial charge in [-0.1, -0.05) is 115 Å². The van der Waals surface area contributed by atoms with Crippen molar-refractivity contribution < 1.29 is 24.2 Å². The maximum Gasteiger partial charge on any atom is 0.224 e. The van der Waals surface area contributed by atoms with Gasteiger partial charge in [0.05, 0.1) is 30.2 Å². The zero-order valence-corrected chi connectivity index (χ0v) is 32.4. The summed E-state index contributed by atoms with van der Waals surface area (Å²) in [6.07, 6.45) is 0.930. The number of para-hydroxylation sites is 2. The molecule has 2 aliphatic rings. The lowest BCUT2D eigenvalue weighted by Crippen LogP contribution is -2.49. The number of nitrogens with zero attached hydrogens (tertiary/aromatic N) is 2. The number of aliphatic hydroxyl groups is 1. The second kappa shape index (κ2) is 19.7. The van der Waals surface area contributed by atoms with Gasteiger partial charge in [0, 0.05) is 70.6 Å². The van der Waals surface area contributed by atoms with Gasteiger partial charge in [0.2, 0.25) is 11.8 Å². The maximum atomic E-state index is 12.8. The molecule has 2 heterocycles. The van der Waals surface area contributed by atoms with Crippen LogP contribution in [0.5, 0.6) is 0 Å². The van der Waals surface area contributed by atoms with E-state index in [4.69, 9.17) is 15.2 Å². The van der Waals surface area contributed by atoms with E-state index in [9.17, 15) is 14.7 Å². The van der Waals surface area contributed by atoms with Crippen LogP contribution < -0.4 is 16.4 Å². The third-order valence-corrected chi connectivity index (χ3v) is 10.8. The number of rotatable bonds is 15. The van der Waals surface area contributed by atoms with Crippen molar-refractivity contribution in [1.82, 2.24) is 15.1 Å². The molecule has 2 saturated heterocycles. The molecule has 57 heavy (non-hydrogen) atoms. The van der Waals surface area contributed by atoms with Crippen LogP contribution in [-0.4, -0.2) is 65.5 Å². The molecule has 3 atom stereocenters. The van der Waals surface area contributed by atoms with Gasteiger partial charge in [-0.05, 0) is 51.9 Å². The van der Waals surface area contributed by atoms with Gasteiger partial charge in [-0.3, -0.25) is 19.4 Å². The summed E-state index contributed by atoms with van der Waals surface area (Å²) >= 11 is 0. The van der Waals surface area contributed by atoms with E-state index in [1.165, 1.54) is 5.56 Å². The first kappa shape index (κ1) is 39.9. The number of ether oxygens (including phenoxy) is 2. The molecular formula is C47H53N5O5. The topological polar surface area (TPSA) is 129 Å². The normalized spacial score (nSPS) is 18.9. The Kier molecular flexibility index (Phi) is 13.8. The first-order valence-electron chi connectivity index (χ1n) is 20.0. The number of hydrogen-bond acceptors (Lipinski definition) is 8. The second-order valence-corrected chi connectivity index (χ2v) is 15.0. The Bertz CT molecular complexity index is 2050. The van der Waals surface area contributed by atoms with Crippen LogP contribution in [0.1, 0.15) is 65.9 Å². The highest BCUT2D eigenvalue weighted by molar-refractivity contribution is 5.94. The molecule has 5 aromatic rings. The molecule has 5 aromatic carbocycles. The number of carbonyl (C=O) groups excluding carboxylic acids is 2. The van der Waals surface area contributed by atoms with Crippen molar-refractivity contribution in [3.63, 3.8) is 0 Å². The summed E-state index contributed by atoms with van der Waals surface area (Å²) in [5.41, 5.74) is 14.3. The fraction of sp³-hybridized carbons (Fsp3) is 0.319. The van der Waals surface area contributed by atoms with Gasteiger partial charge in [-0.25, -0.2) is 0 Å². The molecule has 2 aliphatic heterocycles. The van der Waals surface area contributed by atoms with Gasteiger partial charge >= 0.3 is 0 Å². The van der Waals surface area contributed by atoms with E-state index in [1.54, 1.807) is 12.1 Å². The molecule has 10 heteroatoms. The fourth-order valence-electron chi connectivity index (χ4n) is 7.58. The van der Waals surface area contributed by atoms with Crippen molar-refractivity contribution in [2.24, 2.45) is 0 Å². The van der Waals surface area contributed by atoms with E-state index in [-0.39, 0.29) is 43.5 Å². The molecule has 0 unspecified atom stereocenters. The predicted molar refractivity (Wildman–Crippen MR) is 224 cm³/mol. The number of carbonyl (C=O) groups is 2. The average Bonchev–Trinajstić information content (AvgIpc) is 3.25. The van der Waals surface area contributed by atoms with Crippen LogP contribution >= 0.6 is 0 Å². The second-order valence-electron chi connectivity index (χ2n) is 15.0. The Morgan fingerprint density at radius 2 is 1.37 bits per heavy atom. The van der Waals surface area contributed by atoms with Gasteiger partial charge in [0.25, 0.3) is 0 Å².